The fraction of sp³-hybridized carbons (Fsp3) is 0.308. The molecule has 2 rings (SSSR count). The van der Waals surface area contributed by atoms with Gasteiger partial charge < -0.3 is 9.84 Å². The average Bonchev–Trinajstić information content (AvgIpc) is 2.86. The second kappa shape index (κ2) is 5.51. The number of aromatic carboxylic acids is 1. The molecule has 19 heavy (non-hydrogen) atoms. The molecule has 1 heterocycles. The predicted octanol–water partition coefficient (Wildman–Crippen LogP) is 2.00. The lowest BCUT2D eigenvalue weighted by molar-refractivity contribution is 0.0687. The lowest BCUT2D eigenvalue weighted by Gasteiger charge is -2.09. The van der Waals surface area contributed by atoms with E-state index in [-0.39, 0.29) is 5.69 Å². The second-order valence-electron chi connectivity index (χ2n) is 4.53. The van der Waals surface area contributed by atoms with E-state index in [1.165, 1.54) is 10.9 Å². The maximum atomic E-state index is 11.0. The van der Waals surface area contributed by atoms with E-state index in [1.807, 2.05) is 0 Å². The smallest absolute Gasteiger partial charge is 0.356 e. The molecule has 0 spiro atoms. The molecule has 2 aromatic rings. The third kappa shape index (κ3) is 3.09. The van der Waals surface area contributed by atoms with Gasteiger partial charge in [0.15, 0.2) is 5.69 Å². The largest absolute Gasteiger partial charge is 0.493 e. The van der Waals surface area contributed by atoms with E-state index in [1.54, 1.807) is 24.3 Å². The molecule has 1 aromatic carbocycles. The van der Waals surface area contributed by atoms with E-state index in [9.17, 15) is 4.79 Å². The van der Waals surface area contributed by atoms with Crippen LogP contribution in [-0.4, -0.2) is 32.7 Å². The van der Waals surface area contributed by atoms with Gasteiger partial charge in [0.1, 0.15) is 5.75 Å². The SMILES string of the molecule is CC(C)COc1ccc(-n2nncc2C(=O)O)cc1. The maximum Gasteiger partial charge on any atom is 0.356 e. The van der Waals surface area contributed by atoms with Crippen LogP contribution >= 0.6 is 0 Å². The Hall–Kier alpha value is -2.37. The van der Waals surface area contributed by atoms with Crippen LogP contribution in [0.1, 0.15) is 24.3 Å². The third-order valence-corrected chi connectivity index (χ3v) is 2.43. The summed E-state index contributed by atoms with van der Waals surface area (Å²) in [6.07, 6.45) is 1.21. The average molecular weight is 261 g/mol. The minimum Gasteiger partial charge on any atom is -0.493 e. The summed E-state index contributed by atoms with van der Waals surface area (Å²) in [4.78, 5) is 11.0. The van der Waals surface area contributed by atoms with Crippen LogP contribution in [0, 0.1) is 5.92 Å². The van der Waals surface area contributed by atoms with Crippen LogP contribution in [0.15, 0.2) is 30.5 Å². The molecule has 0 unspecified atom stereocenters. The Morgan fingerprint density at radius 3 is 2.63 bits per heavy atom. The number of carboxylic acids is 1. The molecule has 6 heteroatoms. The van der Waals surface area contributed by atoms with Gasteiger partial charge in [-0.3, -0.25) is 0 Å². The third-order valence-electron chi connectivity index (χ3n) is 2.43. The Bertz CT molecular complexity index is 561. The Morgan fingerprint density at radius 1 is 1.37 bits per heavy atom. The van der Waals surface area contributed by atoms with E-state index >= 15 is 0 Å². The van der Waals surface area contributed by atoms with Crippen molar-refractivity contribution in [2.45, 2.75) is 13.8 Å². The highest BCUT2D eigenvalue weighted by Gasteiger charge is 2.12. The molecule has 100 valence electrons. The zero-order chi connectivity index (χ0) is 13.8. The van der Waals surface area contributed by atoms with Crippen molar-refractivity contribution in [3.05, 3.63) is 36.2 Å². The minimum atomic E-state index is -1.06. The monoisotopic (exact) mass is 261 g/mol. The van der Waals surface area contributed by atoms with Crippen molar-refractivity contribution in [2.24, 2.45) is 5.92 Å². The minimum absolute atomic E-state index is 0.0239. The summed E-state index contributed by atoms with van der Waals surface area (Å²) in [6, 6.07) is 7.06. The first-order chi connectivity index (χ1) is 9.08. The van der Waals surface area contributed by atoms with Crippen molar-refractivity contribution in [2.75, 3.05) is 6.61 Å². The van der Waals surface area contributed by atoms with Crippen molar-refractivity contribution in [1.82, 2.24) is 15.0 Å². The van der Waals surface area contributed by atoms with Crippen molar-refractivity contribution < 1.29 is 14.6 Å². The van der Waals surface area contributed by atoms with Gasteiger partial charge in [0.05, 0.1) is 18.5 Å². The van der Waals surface area contributed by atoms with Gasteiger partial charge in [-0.25, -0.2) is 9.48 Å². The lowest BCUT2D eigenvalue weighted by Crippen LogP contribution is -2.08. The van der Waals surface area contributed by atoms with Crippen molar-refractivity contribution in [1.29, 1.82) is 0 Å². The molecule has 0 aliphatic rings. The molecule has 0 bridgehead atoms. The molecule has 1 aromatic heterocycles. The molecule has 0 aliphatic heterocycles. The van der Waals surface area contributed by atoms with Gasteiger partial charge in [0.25, 0.3) is 0 Å². The molecule has 1 N–H and O–H groups in total. The van der Waals surface area contributed by atoms with Crippen LogP contribution in [-0.2, 0) is 0 Å². The molecule has 0 fully saturated rings. The molecule has 0 amide bonds. The Balaban J connectivity index is 2.18. The normalized spacial score (nSPS) is 10.7. The maximum absolute atomic E-state index is 11.0. The van der Waals surface area contributed by atoms with Gasteiger partial charge in [0, 0.05) is 0 Å². The van der Waals surface area contributed by atoms with E-state index in [2.05, 4.69) is 24.2 Å². The number of carbonyl (C=O) groups is 1. The number of rotatable bonds is 5. The van der Waals surface area contributed by atoms with Gasteiger partial charge in [-0.15, -0.1) is 5.10 Å². The number of hydrogen-bond donors (Lipinski definition) is 1. The highest BCUT2D eigenvalue weighted by molar-refractivity contribution is 5.85. The van der Waals surface area contributed by atoms with Crippen LogP contribution in [0.3, 0.4) is 0 Å². The van der Waals surface area contributed by atoms with Crippen LogP contribution in [0.4, 0.5) is 0 Å². The van der Waals surface area contributed by atoms with Gasteiger partial charge in [0.2, 0.25) is 0 Å². The topological polar surface area (TPSA) is 77.2 Å². The van der Waals surface area contributed by atoms with Gasteiger partial charge in [-0.05, 0) is 30.2 Å². The standard InChI is InChI=1S/C13H15N3O3/c1-9(2)8-19-11-5-3-10(4-6-11)16-12(13(17)18)7-14-15-16/h3-7,9H,8H2,1-2H3,(H,17,18). The second-order valence-corrected chi connectivity index (χ2v) is 4.53. The molecular formula is C13H15N3O3. The molecule has 0 saturated carbocycles. The first-order valence-corrected chi connectivity index (χ1v) is 5.95. The number of carboxylic acid groups (broad SMARTS) is 1. The number of hydrogen-bond acceptors (Lipinski definition) is 4. The summed E-state index contributed by atoms with van der Waals surface area (Å²) in [7, 11) is 0. The summed E-state index contributed by atoms with van der Waals surface area (Å²) in [6.45, 7) is 4.79. The number of ether oxygens (including phenoxy) is 1. The van der Waals surface area contributed by atoms with E-state index in [0.29, 0.717) is 18.2 Å². The highest BCUT2D eigenvalue weighted by atomic mass is 16.5. The summed E-state index contributed by atoms with van der Waals surface area (Å²) < 4.78 is 6.83. The van der Waals surface area contributed by atoms with E-state index < -0.39 is 5.97 Å². The summed E-state index contributed by atoms with van der Waals surface area (Å²) in [5.41, 5.74) is 0.655. The zero-order valence-electron chi connectivity index (χ0n) is 10.8. The highest BCUT2D eigenvalue weighted by Crippen LogP contribution is 2.16. The van der Waals surface area contributed by atoms with Gasteiger partial charge in [-0.2, -0.15) is 0 Å². The van der Waals surface area contributed by atoms with Crippen LogP contribution in [0.5, 0.6) is 5.75 Å². The van der Waals surface area contributed by atoms with Crippen LogP contribution in [0.25, 0.3) is 5.69 Å². The van der Waals surface area contributed by atoms with Crippen molar-refractivity contribution in [3.63, 3.8) is 0 Å². The molecule has 6 nitrogen and oxygen atoms in total. The summed E-state index contributed by atoms with van der Waals surface area (Å²) >= 11 is 0. The van der Waals surface area contributed by atoms with Crippen LogP contribution < -0.4 is 4.74 Å². The lowest BCUT2D eigenvalue weighted by atomic mass is 10.2. The Kier molecular flexibility index (Phi) is 3.79. The summed E-state index contributed by atoms with van der Waals surface area (Å²) in [5.74, 6) is 0.133. The van der Waals surface area contributed by atoms with Gasteiger partial charge >= 0.3 is 5.97 Å². The number of aromatic nitrogens is 3. The summed E-state index contributed by atoms with van der Waals surface area (Å²) in [5, 5.41) is 16.3. The Labute approximate surface area is 110 Å². The fourth-order valence-corrected chi connectivity index (χ4v) is 1.52. The Morgan fingerprint density at radius 2 is 2.05 bits per heavy atom. The first kappa shape index (κ1) is 13.1. The molecule has 0 radical (unpaired) electrons. The molecule has 0 atom stereocenters. The fourth-order valence-electron chi connectivity index (χ4n) is 1.52. The molecular weight excluding hydrogens is 246 g/mol. The van der Waals surface area contributed by atoms with Gasteiger partial charge in [-0.1, -0.05) is 19.1 Å². The molecule has 0 aliphatic carbocycles. The van der Waals surface area contributed by atoms with Crippen molar-refractivity contribution >= 4 is 5.97 Å². The van der Waals surface area contributed by atoms with E-state index in [4.69, 9.17) is 9.84 Å². The van der Waals surface area contributed by atoms with Crippen LogP contribution in [0.2, 0.25) is 0 Å². The van der Waals surface area contributed by atoms with Crippen molar-refractivity contribution in [3.8, 4) is 11.4 Å². The number of nitrogens with zero attached hydrogens (tertiary/aromatic N) is 3. The van der Waals surface area contributed by atoms with E-state index in [0.717, 1.165) is 5.75 Å². The quantitative estimate of drug-likeness (QED) is 0.890. The molecule has 0 saturated heterocycles. The number of benzene rings is 1. The first-order valence-electron chi connectivity index (χ1n) is 5.95. The predicted molar refractivity (Wildman–Crippen MR) is 68.7 cm³/mol. The zero-order valence-corrected chi connectivity index (χ0v) is 10.8.